The standard InChI is InChI=1S/C7H8N2O2S/c1-9-6(10)4-2-12-3-5(4)8-7(9)11/h2-3H2,1H3,(H,8,11). The fraction of sp³-hybridized carbons (Fsp3) is 0.429. The van der Waals surface area contributed by atoms with Crippen LogP contribution in [0.4, 0.5) is 0 Å². The van der Waals surface area contributed by atoms with Crippen molar-refractivity contribution in [2.24, 2.45) is 7.05 Å². The molecule has 0 aliphatic carbocycles. The molecule has 1 aliphatic rings. The number of thioether (sulfide) groups is 1. The summed E-state index contributed by atoms with van der Waals surface area (Å²) in [7, 11) is 1.49. The van der Waals surface area contributed by atoms with Gasteiger partial charge in [0.15, 0.2) is 0 Å². The van der Waals surface area contributed by atoms with Gasteiger partial charge < -0.3 is 4.98 Å². The van der Waals surface area contributed by atoms with Crippen LogP contribution in [0.1, 0.15) is 11.3 Å². The molecule has 0 fully saturated rings. The summed E-state index contributed by atoms with van der Waals surface area (Å²) in [5, 5.41) is 0. The molecule has 4 nitrogen and oxygen atoms in total. The van der Waals surface area contributed by atoms with Gasteiger partial charge in [-0.05, 0) is 0 Å². The van der Waals surface area contributed by atoms with Gasteiger partial charge in [0, 0.05) is 29.8 Å². The zero-order valence-electron chi connectivity index (χ0n) is 6.59. The lowest BCUT2D eigenvalue weighted by atomic mass is 10.3. The maximum atomic E-state index is 11.4. The average Bonchev–Trinajstić information content (AvgIpc) is 2.48. The highest BCUT2D eigenvalue weighted by Gasteiger charge is 2.17. The predicted molar refractivity (Wildman–Crippen MR) is 47.3 cm³/mol. The van der Waals surface area contributed by atoms with Gasteiger partial charge in [0.25, 0.3) is 5.56 Å². The second-order valence-corrected chi connectivity index (χ2v) is 3.73. The SMILES string of the molecule is Cn1c(=O)[nH]c2c(c1=O)CSC2. The van der Waals surface area contributed by atoms with Crippen molar-refractivity contribution in [3.05, 3.63) is 32.1 Å². The van der Waals surface area contributed by atoms with E-state index in [-0.39, 0.29) is 11.2 Å². The van der Waals surface area contributed by atoms with Gasteiger partial charge in [-0.1, -0.05) is 0 Å². The van der Waals surface area contributed by atoms with E-state index in [2.05, 4.69) is 4.98 Å². The molecule has 0 amide bonds. The number of aromatic nitrogens is 2. The van der Waals surface area contributed by atoms with E-state index >= 15 is 0 Å². The molecular weight excluding hydrogens is 176 g/mol. The van der Waals surface area contributed by atoms with Gasteiger partial charge in [-0.3, -0.25) is 9.36 Å². The van der Waals surface area contributed by atoms with Crippen molar-refractivity contribution < 1.29 is 0 Å². The van der Waals surface area contributed by atoms with Crippen molar-refractivity contribution >= 4 is 11.8 Å². The molecule has 2 rings (SSSR count). The van der Waals surface area contributed by atoms with Gasteiger partial charge in [0.1, 0.15) is 0 Å². The summed E-state index contributed by atoms with van der Waals surface area (Å²) in [6, 6.07) is 0. The van der Waals surface area contributed by atoms with Crippen molar-refractivity contribution in [2.75, 3.05) is 0 Å². The van der Waals surface area contributed by atoms with Crippen molar-refractivity contribution in [3.63, 3.8) is 0 Å². The third kappa shape index (κ3) is 0.929. The minimum absolute atomic E-state index is 0.154. The Hall–Kier alpha value is -0.970. The molecule has 5 heteroatoms. The first kappa shape index (κ1) is 7.67. The van der Waals surface area contributed by atoms with E-state index in [1.54, 1.807) is 11.8 Å². The summed E-state index contributed by atoms with van der Waals surface area (Å²) in [5.41, 5.74) is 1.08. The van der Waals surface area contributed by atoms with E-state index in [0.717, 1.165) is 27.3 Å². The Bertz CT molecular complexity index is 432. The molecule has 12 heavy (non-hydrogen) atoms. The highest BCUT2D eigenvalue weighted by molar-refractivity contribution is 7.98. The van der Waals surface area contributed by atoms with Crippen LogP contribution in [0.15, 0.2) is 9.59 Å². The van der Waals surface area contributed by atoms with Crippen LogP contribution in [0.5, 0.6) is 0 Å². The molecule has 0 aromatic carbocycles. The lowest BCUT2D eigenvalue weighted by molar-refractivity contribution is 0.754. The third-order valence-corrected chi connectivity index (χ3v) is 2.97. The highest BCUT2D eigenvalue weighted by Crippen LogP contribution is 2.23. The van der Waals surface area contributed by atoms with Crippen LogP contribution in [-0.4, -0.2) is 9.55 Å². The van der Waals surface area contributed by atoms with E-state index in [1.807, 2.05) is 0 Å². The monoisotopic (exact) mass is 184 g/mol. The quantitative estimate of drug-likeness (QED) is 0.608. The summed E-state index contributed by atoms with van der Waals surface area (Å²) in [6.45, 7) is 0. The third-order valence-electron chi connectivity index (χ3n) is 1.98. The number of fused-ring (bicyclic) bond motifs is 1. The van der Waals surface area contributed by atoms with Crippen molar-refractivity contribution in [1.29, 1.82) is 0 Å². The van der Waals surface area contributed by atoms with Gasteiger partial charge in [-0.25, -0.2) is 4.79 Å². The lowest BCUT2D eigenvalue weighted by Crippen LogP contribution is -2.35. The summed E-state index contributed by atoms with van der Waals surface area (Å²) in [5.74, 6) is 1.47. The molecule has 0 bridgehead atoms. The molecule has 0 spiro atoms. The number of nitrogens with zero attached hydrogens (tertiary/aromatic N) is 1. The summed E-state index contributed by atoms with van der Waals surface area (Å²) in [4.78, 5) is 25.2. The fourth-order valence-corrected chi connectivity index (χ4v) is 2.29. The number of nitrogens with one attached hydrogen (secondary N) is 1. The first-order valence-corrected chi connectivity index (χ1v) is 4.74. The highest BCUT2D eigenvalue weighted by atomic mass is 32.2. The summed E-state index contributed by atoms with van der Waals surface area (Å²) < 4.78 is 1.12. The average molecular weight is 184 g/mol. The van der Waals surface area contributed by atoms with E-state index in [0.29, 0.717) is 0 Å². The second-order valence-electron chi connectivity index (χ2n) is 2.74. The number of aromatic amines is 1. The van der Waals surface area contributed by atoms with E-state index < -0.39 is 0 Å². The smallest absolute Gasteiger partial charge is 0.310 e. The van der Waals surface area contributed by atoms with Crippen LogP contribution in [0, 0.1) is 0 Å². The van der Waals surface area contributed by atoms with Crippen LogP contribution >= 0.6 is 11.8 Å². The molecule has 0 radical (unpaired) electrons. The first-order valence-electron chi connectivity index (χ1n) is 3.59. The predicted octanol–water partition coefficient (Wildman–Crippen LogP) is -0.180. The Morgan fingerprint density at radius 1 is 1.42 bits per heavy atom. The fourth-order valence-electron chi connectivity index (χ4n) is 1.24. The molecule has 0 saturated heterocycles. The molecule has 1 N–H and O–H groups in total. The van der Waals surface area contributed by atoms with Crippen LogP contribution in [-0.2, 0) is 18.6 Å². The Kier molecular flexibility index (Phi) is 1.61. The van der Waals surface area contributed by atoms with Crippen LogP contribution in [0.2, 0.25) is 0 Å². The number of hydrogen-bond acceptors (Lipinski definition) is 3. The van der Waals surface area contributed by atoms with Gasteiger partial charge in [-0.15, -0.1) is 0 Å². The minimum Gasteiger partial charge on any atom is -0.310 e. The molecule has 1 aliphatic heterocycles. The summed E-state index contributed by atoms with van der Waals surface area (Å²) >= 11 is 1.65. The molecule has 0 atom stereocenters. The van der Waals surface area contributed by atoms with E-state index in [4.69, 9.17) is 0 Å². The van der Waals surface area contributed by atoms with Crippen LogP contribution < -0.4 is 11.2 Å². The Labute approximate surface area is 72.6 Å². The molecule has 2 heterocycles. The van der Waals surface area contributed by atoms with Crippen molar-refractivity contribution in [3.8, 4) is 0 Å². The molecular formula is C7H8N2O2S. The van der Waals surface area contributed by atoms with E-state index in [1.165, 1.54) is 7.05 Å². The molecule has 0 unspecified atom stereocenters. The van der Waals surface area contributed by atoms with Gasteiger partial charge in [0.2, 0.25) is 0 Å². The largest absolute Gasteiger partial charge is 0.328 e. The van der Waals surface area contributed by atoms with Crippen LogP contribution in [0.3, 0.4) is 0 Å². The second kappa shape index (κ2) is 2.52. The number of hydrogen-bond donors (Lipinski definition) is 1. The zero-order valence-corrected chi connectivity index (χ0v) is 7.40. The Morgan fingerprint density at radius 3 is 2.92 bits per heavy atom. The van der Waals surface area contributed by atoms with Crippen molar-refractivity contribution in [2.45, 2.75) is 11.5 Å². The zero-order chi connectivity index (χ0) is 8.72. The number of H-pyrrole nitrogens is 1. The first-order chi connectivity index (χ1) is 5.70. The number of rotatable bonds is 0. The van der Waals surface area contributed by atoms with Gasteiger partial charge in [0.05, 0.1) is 0 Å². The Balaban J connectivity index is 2.85. The van der Waals surface area contributed by atoms with Crippen molar-refractivity contribution in [1.82, 2.24) is 9.55 Å². The van der Waals surface area contributed by atoms with E-state index in [9.17, 15) is 9.59 Å². The normalized spacial score (nSPS) is 14.8. The lowest BCUT2D eigenvalue weighted by Gasteiger charge is -1.99. The maximum absolute atomic E-state index is 11.4. The van der Waals surface area contributed by atoms with Crippen LogP contribution in [0.25, 0.3) is 0 Å². The molecule has 1 aromatic rings. The Morgan fingerprint density at radius 2 is 2.17 bits per heavy atom. The topological polar surface area (TPSA) is 54.9 Å². The minimum atomic E-state index is -0.318. The summed E-state index contributed by atoms with van der Waals surface area (Å²) in [6.07, 6.45) is 0. The van der Waals surface area contributed by atoms with Gasteiger partial charge in [-0.2, -0.15) is 11.8 Å². The molecule has 64 valence electrons. The maximum Gasteiger partial charge on any atom is 0.328 e. The molecule has 1 aromatic heterocycles. The molecule has 0 saturated carbocycles. The van der Waals surface area contributed by atoms with Gasteiger partial charge >= 0.3 is 5.69 Å².